The maximum absolute atomic E-state index is 12.2. The van der Waals surface area contributed by atoms with Crippen molar-refractivity contribution in [2.45, 2.75) is 65.0 Å². The van der Waals surface area contributed by atoms with Gasteiger partial charge in [0.2, 0.25) is 0 Å². The van der Waals surface area contributed by atoms with Crippen LogP contribution in [-0.2, 0) is 9.53 Å². The Morgan fingerprint density at radius 1 is 1.40 bits per heavy atom. The zero-order valence-corrected chi connectivity index (χ0v) is 13.9. The number of hydrogen-bond acceptors (Lipinski definition) is 4. The third kappa shape index (κ3) is 6.23. The fourth-order valence-corrected chi connectivity index (χ4v) is 2.21. The molecule has 1 fully saturated rings. The first-order chi connectivity index (χ1) is 9.37. The van der Waals surface area contributed by atoms with Crippen LogP contribution >= 0.6 is 0 Å². The van der Waals surface area contributed by atoms with Gasteiger partial charge in [0.1, 0.15) is 5.54 Å². The van der Waals surface area contributed by atoms with Crippen LogP contribution in [0, 0.1) is 5.92 Å². The number of nitrogens with one attached hydrogen (secondary N) is 1. The number of ether oxygens (including phenoxy) is 1. The van der Waals surface area contributed by atoms with Gasteiger partial charge in [0.05, 0.1) is 6.61 Å². The predicted octanol–water partition coefficient (Wildman–Crippen LogP) is 2.43. The van der Waals surface area contributed by atoms with E-state index in [9.17, 15) is 4.79 Å². The van der Waals surface area contributed by atoms with Crippen molar-refractivity contribution in [1.82, 2.24) is 10.2 Å². The van der Waals surface area contributed by atoms with E-state index < -0.39 is 5.54 Å². The van der Waals surface area contributed by atoms with Crippen molar-refractivity contribution in [1.29, 1.82) is 0 Å². The second-order valence-electron chi connectivity index (χ2n) is 6.71. The molecule has 0 aromatic heterocycles. The molecule has 0 aromatic rings. The van der Waals surface area contributed by atoms with Crippen LogP contribution < -0.4 is 5.32 Å². The molecule has 0 heterocycles. The van der Waals surface area contributed by atoms with Crippen LogP contribution in [0.15, 0.2) is 0 Å². The molecule has 1 aliphatic carbocycles. The highest BCUT2D eigenvalue weighted by atomic mass is 16.5. The first-order valence-electron chi connectivity index (χ1n) is 8.01. The van der Waals surface area contributed by atoms with Crippen molar-refractivity contribution in [3.63, 3.8) is 0 Å². The first kappa shape index (κ1) is 17.4. The van der Waals surface area contributed by atoms with Crippen LogP contribution in [0.25, 0.3) is 0 Å². The Kier molecular flexibility index (Phi) is 6.96. The molecule has 1 N–H and O–H groups in total. The molecule has 0 saturated heterocycles. The zero-order valence-electron chi connectivity index (χ0n) is 13.9. The van der Waals surface area contributed by atoms with Crippen LogP contribution in [0.5, 0.6) is 0 Å². The molecule has 1 aliphatic rings. The van der Waals surface area contributed by atoms with Gasteiger partial charge in [-0.05, 0) is 59.0 Å². The molecule has 1 rings (SSSR count). The van der Waals surface area contributed by atoms with E-state index in [0.717, 1.165) is 25.4 Å². The van der Waals surface area contributed by atoms with Gasteiger partial charge >= 0.3 is 5.97 Å². The topological polar surface area (TPSA) is 41.6 Å². The Balaban J connectivity index is 2.44. The molecule has 1 saturated carbocycles. The minimum atomic E-state index is -0.538. The molecule has 118 valence electrons. The maximum atomic E-state index is 12.2. The second kappa shape index (κ2) is 7.99. The van der Waals surface area contributed by atoms with E-state index >= 15 is 0 Å². The predicted molar refractivity (Wildman–Crippen MR) is 82.8 cm³/mol. The second-order valence-corrected chi connectivity index (χ2v) is 6.71. The number of rotatable bonds is 10. The summed E-state index contributed by atoms with van der Waals surface area (Å²) in [5, 5.41) is 3.47. The number of esters is 1. The van der Waals surface area contributed by atoms with E-state index in [1.54, 1.807) is 0 Å². The summed E-state index contributed by atoms with van der Waals surface area (Å²) in [5.41, 5.74) is -0.538. The average Bonchev–Trinajstić information content (AvgIpc) is 3.18. The molecular weight excluding hydrogens is 252 g/mol. The lowest BCUT2D eigenvalue weighted by atomic mass is 9.97. The van der Waals surface area contributed by atoms with Gasteiger partial charge in [0.15, 0.2) is 0 Å². The van der Waals surface area contributed by atoms with Crippen molar-refractivity contribution in [3.05, 3.63) is 0 Å². The third-order valence-corrected chi connectivity index (χ3v) is 3.91. The van der Waals surface area contributed by atoms with Gasteiger partial charge in [-0.15, -0.1) is 0 Å². The molecule has 0 spiro atoms. The molecule has 0 aliphatic heterocycles. The summed E-state index contributed by atoms with van der Waals surface area (Å²) in [6, 6.07) is 0.505. The van der Waals surface area contributed by atoms with Crippen LogP contribution in [0.2, 0.25) is 0 Å². The molecule has 0 bridgehead atoms. The minimum Gasteiger partial charge on any atom is -0.465 e. The van der Waals surface area contributed by atoms with Gasteiger partial charge in [-0.3, -0.25) is 10.1 Å². The summed E-state index contributed by atoms with van der Waals surface area (Å²) in [4.78, 5) is 14.5. The van der Waals surface area contributed by atoms with E-state index in [1.165, 1.54) is 19.3 Å². The van der Waals surface area contributed by atoms with Gasteiger partial charge < -0.3 is 9.64 Å². The van der Waals surface area contributed by atoms with Crippen molar-refractivity contribution >= 4 is 5.97 Å². The average molecular weight is 284 g/mol. The first-order valence-corrected chi connectivity index (χ1v) is 8.01. The smallest absolute Gasteiger partial charge is 0.326 e. The van der Waals surface area contributed by atoms with Gasteiger partial charge in [-0.2, -0.15) is 0 Å². The summed E-state index contributed by atoms with van der Waals surface area (Å²) in [6.07, 6.45) is 4.36. The lowest BCUT2D eigenvalue weighted by Gasteiger charge is -2.30. The Labute approximate surface area is 124 Å². The normalized spacial score (nSPS) is 18.4. The lowest BCUT2D eigenvalue weighted by molar-refractivity contribution is -0.151. The van der Waals surface area contributed by atoms with E-state index in [1.807, 2.05) is 13.8 Å². The van der Waals surface area contributed by atoms with Crippen molar-refractivity contribution in [2.75, 3.05) is 26.7 Å². The van der Waals surface area contributed by atoms with E-state index in [0.29, 0.717) is 12.6 Å². The molecular formula is C16H32N2O2. The van der Waals surface area contributed by atoms with Crippen molar-refractivity contribution in [3.8, 4) is 0 Å². The summed E-state index contributed by atoms with van der Waals surface area (Å²) in [5.74, 6) is 0.614. The molecule has 4 heteroatoms. The summed E-state index contributed by atoms with van der Waals surface area (Å²) in [7, 11) is 2.13. The number of carbonyl (C=O) groups excluding carboxylic acids is 1. The van der Waals surface area contributed by atoms with Crippen LogP contribution in [0.3, 0.4) is 0 Å². The molecule has 0 amide bonds. The van der Waals surface area contributed by atoms with E-state index in [-0.39, 0.29) is 5.97 Å². The van der Waals surface area contributed by atoms with E-state index in [4.69, 9.17) is 4.74 Å². The van der Waals surface area contributed by atoms with Crippen LogP contribution in [0.1, 0.15) is 53.4 Å². The minimum absolute atomic E-state index is 0.107. The summed E-state index contributed by atoms with van der Waals surface area (Å²) in [6.45, 7) is 10.8. The van der Waals surface area contributed by atoms with Crippen molar-refractivity contribution in [2.24, 2.45) is 5.92 Å². The lowest BCUT2D eigenvalue weighted by Crippen LogP contribution is -2.53. The largest absolute Gasteiger partial charge is 0.465 e. The highest BCUT2D eigenvalue weighted by Gasteiger charge is 2.39. The van der Waals surface area contributed by atoms with Gasteiger partial charge in [0, 0.05) is 12.6 Å². The molecule has 20 heavy (non-hydrogen) atoms. The highest BCUT2D eigenvalue weighted by Crippen LogP contribution is 2.25. The Morgan fingerprint density at radius 2 is 2.05 bits per heavy atom. The molecule has 1 unspecified atom stereocenters. The number of nitrogens with zero attached hydrogens (tertiary/aromatic N) is 1. The van der Waals surface area contributed by atoms with Crippen LogP contribution in [-0.4, -0.2) is 49.2 Å². The third-order valence-electron chi connectivity index (χ3n) is 3.91. The summed E-state index contributed by atoms with van der Waals surface area (Å²) >= 11 is 0. The standard InChI is InChI=1S/C16H32N2O2/c1-6-20-15(19)16(4,17-14-7-8-14)10-12-18(5)11-9-13(2)3/h13-14,17H,6-12H2,1-5H3. The maximum Gasteiger partial charge on any atom is 0.326 e. The molecule has 0 radical (unpaired) electrons. The fourth-order valence-electron chi connectivity index (χ4n) is 2.21. The Morgan fingerprint density at radius 3 is 2.55 bits per heavy atom. The molecule has 0 aromatic carbocycles. The highest BCUT2D eigenvalue weighted by molar-refractivity contribution is 5.80. The summed E-state index contributed by atoms with van der Waals surface area (Å²) < 4.78 is 5.25. The zero-order chi connectivity index (χ0) is 15.2. The van der Waals surface area contributed by atoms with Gasteiger partial charge in [-0.1, -0.05) is 13.8 Å². The van der Waals surface area contributed by atoms with Crippen molar-refractivity contribution < 1.29 is 9.53 Å². The monoisotopic (exact) mass is 284 g/mol. The molecule has 1 atom stereocenters. The van der Waals surface area contributed by atoms with E-state index in [2.05, 4.69) is 31.1 Å². The Bertz CT molecular complexity index is 303. The molecule has 4 nitrogen and oxygen atoms in total. The number of carbonyl (C=O) groups is 1. The SMILES string of the molecule is CCOC(=O)C(C)(CCN(C)CCC(C)C)NC1CC1. The van der Waals surface area contributed by atoms with Gasteiger partial charge in [-0.25, -0.2) is 0 Å². The van der Waals surface area contributed by atoms with Gasteiger partial charge in [0.25, 0.3) is 0 Å². The number of hydrogen-bond donors (Lipinski definition) is 1. The Hall–Kier alpha value is -0.610. The van der Waals surface area contributed by atoms with Crippen LogP contribution in [0.4, 0.5) is 0 Å². The quantitative estimate of drug-likeness (QED) is 0.626. The fraction of sp³-hybridized carbons (Fsp3) is 0.938.